The van der Waals surface area contributed by atoms with Crippen molar-refractivity contribution in [2.75, 3.05) is 18.5 Å². The maximum absolute atomic E-state index is 12.4. The molecule has 0 radical (unpaired) electrons. The van der Waals surface area contributed by atoms with Gasteiger partial charge in [0.15, 0.2) is 0 Å². The molecule has 0 aromatic heterocycles. The molecule has 138 valence electrons. The molecule has 0 aliphatic carbocycles. The Hall–Kier alpha value is -3.27. The van der Waals surface area contributed by atoms with Gasteiger partial charge in [-0.05, 0) is 61.0 Å². The predicted octanol–water partition coefficient (Wildman–Crippen LogP) is 4.96. The molecule has 0 aliphatic rings. The minimum absolute atomic E-state index is 0.157. The average molecular weight is 361 g/mol. The number of amides is 1. The summed E-state index contributed by atoms with van der Waals surface area (Å²) in [5.41, 5.74) is 2.55. The molecule has 0 heterocycles. The molecule has 3 aromatic carbocycles. The number of benzene rings is 3. The lowest BCUT2D eigenvalue weighted by atomic mass is 10.2. The van der Waals surface area contributed by atoms with E-state index in [1.807, 2.05) is 61.5 Å². The fraction of sp³-hybridized carbons (Fsp3) is 0.174. The first-order chi connectivity index (χ1) is 13.2. The summed E-state index contributed by atoms with van der Waals surface area (Å²) in [6.45, 7) is 3.15. The molecule has 0 unspecified atom stereocenters. The van der Waals surface area contributed by atoms with E-state index in [1.54, 1.807) is 12.1 Å². The van der Waals surface area contributed by atoms with Crippen LogP contribution < -0.4 is 14.8 Å². The van der Waals surface area contributed by atoms with Crippen molar-refractivity contribution in [1.29, 1.82) is 0 Å². The number of ether oxygens (including phenoxy) is 2. The zero-order valence-corrected chi connectivity index (χ0v) is 15.4. The van der Waals surface area contributed by atoms with Crippen LogP contribution >= 0.6 is 0 Å². The summed E-state index contributed by atoms with van der Waals surface area (Å²) in [6.07, 6.45) is 0.848. The lowest BCUT2D eigenvalue weighted by Crippen LogP contribution is -2.11. The van der Waals surface area contributed by atoms with Crippen LogP contribution in [0.4, 0.5) is 5.69 Å². The van der Waals surface area contributed by atoms with Gasteiger partial charge in [-0.3, -0.25) is 4.79 Å². The van der Waals surface area contributed by atoms with Crippen molar-refractivity contribution in [1.82, 2.24) is 0 Å². The Morgan fingerprint density at radius 1 is 0.815 bits per heavy atom. The van der Waals surface area contributed by atoms with Crippen LogP contribution in [0.5, 0.6) is 11.5 Å². The molecular formula is C23H23NO3. The number of nitrogens with one attached hydrogen (secondary N) is 1. The molecule has 27 heavy (non-hydrogen) atoms. The third-order valence-corrected chi connectivity index (χ3v) is 4.04. The first-order valence-corrected chi connectivity index (χ1v) is 9.05. The topological polar surface area (TPSA) is 47.6 Å². The number of anilines is 1. The second kappa shape index (κ2) is 9.43. The normalized spacial score (nSPS) is 10.3. The monoisotopic (exact) mass is 361 g/mol. The molecule has 3 rings (SSSR count). The molecule has 1 amide bonds. The van der Waals surface area contributed by atoms with E-state index in [1.165, 1.54) is 5.56 Å². The predicted molar refractivity (Wildman–Crippen MR) is 108 cm³/mol. The highest BCUT2D eigenvalue weighted by Crippen LogP contribution is 2.18. The second-order valence-corrected chi connectivity index (χ2v) is 6.02. The molecule has 0 saturated carbocycles. The van der Waals surface area contributed by atoms with Crippen molar-refractivity contribution in [2.24, 2.45) is 0 Å². The van der Waals surface area contributed by atoms with Crippen LogP contribution in [0, 0.1) is 0 Å². The lowest BCUT2D eigenvalue weighted by Gasteiger charge is -2.09. The summed E-state index contributed by atoms with van der Waals surface area (Å²) < 4.78 is 11.2. The van der Waals surface area contributed by atoms with Crippen LogP contribution in [0.15, 0.2) is 78.9 Å². The third-order valence-electron chi connectivity index (χ3n) is 4.04. The van der Waals surface area contributed by atoms with E-state index >= 15 is 0 Å². The maximum Gasteiger partial charge on any atom is 0.255 e. The van der Waals surface area contributed by atoms with Gasteiger partial charge in [0.2, 0.25) is 0 Å². The fourth-order valence-electron chi connectivity index (χ4n) is 2.64. The minimum Gasteiger partial charge on any atom is -0.494 e. The van der Waals surface area contributed by atoms with Crippen LogP contribution in [0.25, 0.3) is 0 Å². The van der Waals surface area contributed by atoms with Crippen LogP contribution in [-0.4, -0.2) is 19.1 Å². The molecule has 0 atom stereocenters. The molecule has 0 bridgehead atoms. The van der Waals surface area contributed by atoms with Crippen molar-refractivity contribution in [2.45, 2.75) is 13.3 Å². The standard InChI is InChI=1S/C23H23NO3/c1-2-26-21-14-10-20(11-15-21)24-23(25)19-8-12-22(13-9-19)27-17-16-18-6-4-3-5-7-18/h3-15H,2,16-17H2,1H3,(H,24,25). The van der Waals surface area contributed by atoms with Gasteiger partial charge in [-0.15, -0.1) is 0 Å². The van der Waals surface area contributed by atoms with E-state index in [0.717, 1.165) is 23.6 Å². The van der Waals surface area contributed by atoms with Gasteiger partial charge in [0.05, 0.1) is 13.2 Å². The lowest BCUT2D eigenvalue weighted by molar-refractivity contribution is 0.102. The molecule has 0 spiro atoms. The summed E-state index contributed by atoms with van der Waals surface area (Å²) in [5.74, 6) is 1.38. The van der Waals surface area contributed by atoms with Gasteiger partial charge in [-0.1, -0.05) is 30.3 Å². The van der Waals surface area contributed by atoms with E-state index < -0.39 is 0 Å². The molecule has 4 heteroatoms. The van der Waals surface area contributed by atoms with E-state index in [4.69, 9.17) is 9.47 Å². The molecule has 1 N–H and O–H groups in total. The second-order valence-electron chi connectivity index (χ2n) is 6.02. The smallest absolute Gasteiger partial charge is 0.255 e. The number of hydrogen-bond acceptors (Lipinski definition) is 3. The van der Waals surface area contributed by atoms with E-state index in [-0.39, 0.29) is 5.91 Å². The van der Waals surface area contributed by atoms with Crippen LogP contribution in [0.1, 0.15) is 22.8 Å². The van der Waals surface area contributed by atoms with E-state index in [2.05, 4.69) is 17.4 Å². The number of rotatable bonds is 8. The summed E-state index contributed by atoms with van der Waals surface area (Å²) in [5, 5.41) is 2.88. The molecule has 0 fully saturated rings. The Bertz CT molecular complexity index is 843. The van der Waals surface area contributed by atoms with Gasteiger partial charge in [-0.2, -0.15) is 0 Å². The van der Waals surface area contributed by atoms with Crippen molar-refractivity contribution >= 4 is 11.6 Å². The van der Waals surface area contributed by atoms with E-state index in [0.29, 0.717) is 18.8 Å². The SMILES string of the molecule is CCOc1ccc(NC(=O)c2ccc(OCCc3ccccc3)cc2)cc1. The van der Waals surface area contributed by atoms with Crippen LogP contribution in [0.3, 0.4) is 0 Å². The maximum atomic E-state index is 12.4. The van der Waals surface area contributed by atoms with Crippen molar-refractivity contribution in [3.8, 4) is 11.5 Å². The first kappa shape index (κ1) is 18.5. The quantitative estimate of drug-likeness (QED) is 0.617. The fourth-order valence-corrected chi connectivity index (χ4v) is 2.64. The van der Waals surface area contributed by atoms with Crippen molar-refractivity contribution < 1.29 is 14.3 Å². The summed E-state index contributed by atoms with van der Waals surface area (Å²) in [6, 6.07) is 24.7. The number of carbonyl (C=O) groups is 1. The van der Waals surface area contributed by atoms with Gasteiger partial charge in [-0.25, -0.2) is 0 Å². The average Bonchev–Trinajstić information content (AvgIpc) is 2.71. The summed E-state index contributed by atoms with van der Waals surface area (Å²) >= 11 is 0. The molecule has 3 aromatic rings. The Balaban J connectivity index is 1.50. The number of hydrogen-bond donors (Lipinski definition) is 1. The van der Waals surface area contributed by atoms with Crippen molar-refractivity contribution in [3.05, 3.63) is 90.0 Å². The van der Waals surface area contributed by atoms with Gasteiger partial charge in [0.1, 0.15) is 11.5 Å². The highest BCUT2D eigenvalue weighted by Gasteiger charge is 2.06. The Morgan fingerprint density at radius 3 is 2.11 bits per heavy atom. The largest absolute Gasteiger partial charge is 0.494 e. The third kappa shape index (κ3) is 5.61. The van der Waals surface area contributed by atoms with Crippen LogP contribution in [0.2, 0.25) is 0 Å². The van der Waals surface area contributed by atoms with Gasteiger partial charge in [0.25, 0.3) is 5.91 Å². The Morgan fingerprint density at radius 2 is 1.44 bits per heavy atom. The zero-order chi connectivity index (χ0) is 18.9. The van der Waals surface area contributed by atoms with Crippen LogP contribution in [-0.2, 0) is 6.42 Å². The summed E-state index contributed by atoms with van der Waals surface area (Å²) in [7, 11) is 0. The summed E-state index contributed by atoms with van der Waals surface area (Å²) in [4.78, 5) is 12.4. The Kier molecular flexibility index (Phi) is 6.47. The van der Waals surface area contributed by atoms with Gasteiger partial charge in [0, 0.05) is 17.7 Å². The van der Waals surface area contributed by atoms with E-state index in [9.17, 15) is 4.79 Å². The number of carbonyl (C=O) groups excluding carboxylic acids is 1. The zero-order valence-electron chi connectivity index (χ0n) is 15.4. The molecule has 0 aliphatic heterocycles. The first-order valence-electron chi connectivity index (χ1n) is 9.05. The van der Waals surface area contributed by atoms with Gasteiger partial charge >= 0.3 is 0 Å². The minimum atomic E-state index is -0.157. The van der Waals surface area contributed by atoms with Crippen molar-refractivity contribution in [3.63, 3.8) is 0 Å². The highest BCUT2D eigenvalue weighted by atomic mass is 16.5. The molecular weight excluding hydrogens is 338 g/mol. The highest BCUT2D eigenvalue weighted by molar-refractivity contribution is 6.04. The molecule has 4 nitrogen and oxygen atoms in total. The van der Waals surface area contributed by atoms with Gasteiger partial charge < -0.3 is 14.8 Å². The molecule has 0 saturated heterocycles. The Labute approximate surface area is 159 Å².